The van der Waals surface area contributed by atoms with E-state index in [-0.39, 0.29) is 5.60 Å². The predicted octanol–water partition coefficient (Wildman–Crippen LogP) is 3.29. The average molecular weight is 388 g/mol. The molecule has 2 aromatic carbocycles. The van der Waals surface area contributed by atoms with E-state index in [2.05, 4.69) is 77.1 Å². The fourth-order valence-electron chi connectivity index (χ4n) is 5.67. The maximum absolute atomic E-state index is 6.41. The van der Waals surface area contributed by atoms with Gasteiger partial charge < -0.3 is 18.9 Å². The second kappa shape index (κ2) is 8.27. The Bertz CT molecular complexity index is 768. The molecule has 150 valence electrons. The second-order valence-electron chi connectivity index (χ2n) is 8.68. The van der Waals surface area contributed by atoms with Gasteiger partial charge in [0.25, 0.3) is 0 Å². The van der Waals surface area contributed by atoms with Gasteiger partial charge in [0, 0.05) is 18.7 Å². The fraction of sp³-hybridized carbons (Fsp3) is 0.478. The molecule has 0 aromatic heterocycles. The molecule has 4 nitrogen and oxygen atoms in total. The van der Waals surface area contributed by atoms with Gasteiger partial charge in [-0.2, -0.15) is 0 Å². The number of nitrogens with zero attached hydrogens (tertiary/aromatic N) is 2. The Morgan fingerprint density at radius 3 is 2.24 bits per heavy atom. The van der Waals surface area contributed by atoms with Crippen LogP contribution in [-0.2, 0) is 14.9 Å². The highest BCUT2D eigenvalue weighted by Gasteiger charge is 2.52. The van der Waals surface area contributed by atoms with E-state index in [1.54, 1.807) is 0 Å². The molecule has 0 amide bonds. The van der Waals surface area contributed by atoms with Gasteiger partial charge in [-0.05, 0) is 56.7 Å². The van der Waals surface area contributed by atoms with E-state index >= 15 is 0 Å². The van der Waals surface area contributed by atoms with Crippen LogP contribution in [0.15, 0.2) is 60.7 Å². The summed E-state index contributed by atoms with van der Waals surface area (Å²) in [5.74, 6) is 0. The third kappa shape index (κ3) is 3.46. The van der Waals surface area contributed by atoms with Gasteiger partial charge in [-0.3, -0.25) is 0 Å². The average Bonchev–Trinajstić information content (AvgIpc) is 3.54. The molecular weight excluding hydrogens is 358 g/mol. The second-order valence-corrected chi connectivity index (χ2v) is 8.68. The van der Waals surface area contributed by atoms with Crippen LogP contribution in [0.4, 0.5) is 0 Å². The maximum Gasteiger partial charge on any atom is 0.379 e. The van der Waals surface area contributed by atoms with E-state index in [0.717, 1.165) is 26.8 Å². The van der Waals surface area contributed by atoms with Crippen molar-refractivity contribution in [3.05, 3.63) is 71.8 Å². The van der Waals surface area contributed by atoms with Crippen molar-refractivity contribution in [2.45, 2.75) is 50.2 Å². The number of rotatable bonds is 2. The van der Waals surface area contributed by atoms with Crippen molar-refractivity contribution < 1.29 is 9.31 Å². The van der Waals surface area contributed by atoms with Gasteiger partial charge >= 0.3 is 14.7 Å². The molecule has 0 bridgehead atoms. The molecule has 0 radical (unpaired) electrons. The lowest BCUT2D eigenvalue weighted by Crippen LogP contribution is -2.40. The molecule has 4 fully saturated rings. The van der Waals surface area contributed by atoms with Crippen molar-refractivity contribution in [3.8, 4) is 0 Å². The Labute approximate surface area is 175 Å². The Kier molecular flexibility index (Phi) is 5.53. The molecule has 0 saturated carbocycles. The molecule has 2 aromatic rings. The van der Waals surface area contributed by atoms with Crippen molar-refractivity contribution in [3.63, 3.8) is 0 Å². The molecule has 0 aliphatic carbocycles. The summed E-state index contributed by atoms with van der Waals surface area (Å²) in [6, 6.07) is 22.6. The lowest BCUT2D eigenvalue weighted by molar-refractivity contribution is 0.109. The Morgan fingerprint density at radius 1 is 0.931 bits per heavy atom. The van der Waals surface area contributed by atoms with Crippen LogP contribution in [0.3, 0.4) is 0 Å². The molecule has 6 heteroatoms. The summed E-state index contributed by atoms with van der Waals surface area (Å²) in [5.41, 5.74) is 2.26. The molecule has 4 heterocycles. The van der Waals surface area contributed by atoms with Crippen molar-refractivity contribution in [2.24, 2.45) is 0 Å². The molecule has 4 aliphatic heterocycles. The van der Waals surface area contributed by atoms with Crippen molar-refractivity contribution in [1.29, 1.82) is 0 Å². The van der Waals surface area contributed by atoms with Crippen LogP contribution in [0.5, 0.6) is 0 Å². The van der Waals surface area contributed by atoms with Crippen LogP contribution < -0.4 is 0 Å². The fourth-order valence-corrected chi connectivity index (χ4v) is 5.67. The highest BCUT2D eigenvalue weighted by atomic mass is 16.5. The highest BCUT2D eigenvalue weighted by Crippen LogP contribution is 2.46. The van der Waals surface area contributed by atoms with Crippen LogP contribution in [0, 0.1) is 0 Å². The first kappa shape index (κ1) is 19.4. The Balaban J connectivity index is 0.000000168. The molecule has 2 unspecified atom stereocenters. The number of fused-ring (bicyclic) bond motifs is 2. The molecule has 29 heavy (non-hydrogen) atoms. The van der Waals surface area contributed by atoms with E-state index in [0.29, 0.717) is 13.1 Å². The van der Waals surface area contributed by atoms with E-state index in [9.17, 15) is 0 Å². The first-order chi connectivity index (χ1) is 14.3. The van der Waals surface area contributed by atoms with Crippen LogP contribution in [0.2, 0.25) is 6.82 Å². The third-order valence-electron chi connectivity index (χ3n) is 7.12. The Hall–Kier alpha value is -1.59. The third-order valence-corrected chi connectivity index (χ3v) is 7.12. The molecule has 2 atom stereocenters. The van der Waals surface area contributed by atoms with Crippen LogP contribution in [-0.4, -0.2) is 56.1 Å². The molecular formula is C23H30B2N2O2. The van der Waals surface area contributed by atoms with Gasteiger partial charge in [0.2, 0.25) is 0 Å². The standard InChI is InChI=1S/C17H18BNO.C6H12BNO/c1-3-8-14(9-4-1)17(15-10-5-2-6-11-15)16-12-7-13-19(16)18-20-17;1-7-8-4-2-3-6(8)5-9-7/h1-6,8-11,16,18H,7,12-13H2;6H,2-5H2,1H3. The Morgan fingerprint density at radius 2 is 1.59 bits per heavy atom. The molecule has 0 N–H and O–H groups in total. The highest BCUT2D eigenvalue weighted by molar-refractivity contribution is 6.47. The number of benzene rings is 2. The number of hydrogen-bond acceptors (Lipinski definition) is 4. The van der Waals surface area contributed by atoms with Gasteiger partial charge in [-0.15, -0.1) is 0 Å². The summed E-state index contributed by atoms with van der Waals surface area (Å²) in [4.78, 5) is 4.94. The summed E-state index contributed by atoms with van der Waals surface area (Å²) in [6.07, 6.45) is 5.21. The van der Waals surface area contributed by atoms with Gasteiger partial charge in [0.15, 0.2) is 0 Å². The largest absolute Gasteiger partial charge is 0.420 e. The maximum atomic E-state index is 6.41. The first-order valence-corrected chi connectivity index (χ1v) is 11.2. The summed E-state index contributed by atoms with van der Waals surface area (Å²) >= 11 is 0. The van der Waals surface area contributed by atoms with E-state index in [1.807, 2.05) is 0 Å². The summed E-state index contributed by atoms with van der Waals surface area (Å²) < 4.78 is 11.9. The minimum absolute atomic E-state index is 0.293. The normalized spacial score (nSPS) is 27.8. The van der Waals surface area contributed by atoms with E-state index < -0.39 is 0 Å². The van der Waals surface area contributed by atoms with Crippen LogP contribution in [0.1, 0.15) is 36.8 Å². The van der Waals surface area contributed by atoms with Crippen LogP contribution >= 0.6 is 0 Å². The van der Waals surface area contributed by atoms with Crippen LogP contribution in [0.25, 0.3) is 0 Å². The summed E-state index contributed by atoms with van der Waals surface area (Å²) in [7, 11) is 1.14. The zero-order valence-electron chi connectivity index (χ0n) is 17.4. The monoisotopic (exact) mass is 388 g/mol. The lowest BCUT2D eigenvalue weighted by Gasteiger charge is -2.36. The van der Waals surface area contributed by atoms with Gasteiger partial charge in [0.05, 0.1) is 0 Å². The van der Waals surface area contributed by atoms with Gasteiger partial charge in [-0.25, -0.2) is 0 Å². The minimum Gasteiger partial charge on any atom is -0.420 e. The molecule has 6 rings (SSSR count). The van der Waals surface area contributed by atoms with Gasteiger partial charge in [0.1, 0.15) is 5.60 Å². The quantitative estimate of drug-likeness (QED) is 0.738. The topological polar surface area (TPSA) is 24.9 Å². The van der Waals surface area contributed by atoms with Gasteiger partial charge in [-0.1, -0.05) is 60.7 Å². The zero-order chi connectivity index (χ0) is 19.7. The molecule has 0 spiro atoms. The van der Waals surface area contributed by atoms with Crippen molar-refractivity contribution >= 4 is 14.7 Å². The lowest BCUT2D eigenvalue weighted by atomic mass is 9.79. The zero-order valence-corrected chi connectivity index (χ0v) is 17.4. The summed E-state index contributed by atoms with van der Waals surface area (Å²) in [6.45, 7) is 5.53. The predicted molar refractivity (Wildman–Crippen MR) is 119 cm³/mol. The van der Waals surface area contributed by atoms with E-state index in [1.165, 1.54) is 43.4 Å². The minimum atomic E-state index is -0.293. The smallest absolute Gasteiger partial charge is 0.379 e. The first-order valence-electron chi connectivity index (χ1n) is 11.2. The molecule has 4 aliphatic rings. The van der Waals surface area contributed by atoms with Crippen molar-refractivity contribution in [1.82, 2.24) is 9.62 Å². The van der Waals surface area contributed by atoms with E-state index in [4.69, 9.17) is 9.31 Å². The SMILES string of the molecule is B1OC(c2ccccc2)(c2ccccc2)C2CCCN12.CB1OCC2CCCN12. The van der Waals surface area contributed by atoms with Crippen molar-refractivity contribution in [2.75, 3.05) is 19.7 Å². The summed E-state index contributed by atoms with van der Waals surface area (Å²) in [5, 5.41) is 0. The number of hydrogen-bond donors (Lipinski definition) is 0. The molecule has 4 saturated heterocycles.